The van der Waals surface area contributed by atoms with Crippen LogP contribution in [0.2, 0.25) is 0 Å². The molecule has 1 saturated heterocycles. The number of thiophene rings is 1. The number of carbonyl (C=O) groups excluding carboxylic acids is 1. The Labute approximate surface area is 152 Å². The van der Waals surface area contributed by atoms with Crippen LogP contribution < -0.4 is 5.32 Å². The molecule has 0 atom stereocenters. The highest BCUT2D eigenvalue weighted by Gasteiger charge is 2.15. The third kappa shape index (κ3) is 3.62. The van der Waals surface area contributed by atoms with E-state index in [4.69, 9.17) is 0 Å². The van der Waals surface area contributed by atoms with Gasteiger partial charge in [-0.15, -0.1) is 11.3 Å². The Bertz CT molecular complexity index is 847. The molecule has 2 aromatic heterocycles. The topological polar surface area (TPSA) is 37.3 Å². The Balaban J connectivity index is 1.49. The molecule has 4 nitrogen and oxygen atoms in total. The van der Waals surface area contributed by atoms with Crippen LogP contribution in [0, 0.1) is 0 Å². The highest BCUT2D eigenvalue weighted by molar-refractivity contribution is 7.13. The van der Waals surface area contributed by atoms with Gasteiger partial charge in [-0.3, -0.25) is 4.79 Å². The molecule has 5 heteroatoms. The first-order valence-corrected chi connectivity index (χ1v) is 9.80. The van der Waals surface area contributed by atoms with E-state index in [2.05, 4.69) is 50.5 Å². The van der Waals surface area contributed by atoms with E-state index in [1.807, 2.05) is 12.1 Å². The van der Waals surface area contributed by atoms with Crippen LogP contribution in [-0.4, -0.2) is 41.6 Å². The second-order valence-corrected chi connectivity index (χ2v) is 7.50. The Morgan fingerprint density at radius 3 is 2.76 bits per heavy atom. The lowest BCUT2D eigenvalue weighted by Gasteiger charge is -2.15. The molecule has 4 rings (SSSR count). The van der Waals surface area contributed by atoms with Crippen LogP contribution in [0.25, 0.3) is 21.5 Å². The molecule has 0 bridgehead atoms. The van der Waals surface area contributed by atoms with Crippen molar-refractivity contribution in [3.8, 4) is 10.6 Å². The zero-order valence-corrected chi connectivity index (χ0v) is 15.1. The maximum atomic E-state index is 12.5. The summed E-state index contributed by atoms with van der Waals surface area (Å²) >= 11 is 1.71. The summed E-state index contributed by atoms with van der Waals surface area (Å²) in [7, 11) is 0. The van der Waals surface area contributed by atoms with Gasteiger partial charge in [-0.2, -0.15) is 0 Å². The van der Waals surface area contributed by atoms with E-state index in [-0.39, 0.29) is 5.91 Å². The normalized spacial score (nSPS) is 15.0. The standard InChI is InChI=1S/C20H23N3OS/c24-20(21-9-12-22-10-3-4-11-22)15-23-17-7-2-1-6-16(17)14-18(23)19-8-5-13-25-19/h1-2,5-8,13-14H,3-4,9-12,15H2,(H,21,24). The van der Waals surface area contributed by atoms with Gasteiger partial charge in [0.1, 0.15) is 6.54 Å². The Kier molecular flexibility index (Phi) is 4.85. The molecule has 1 N–H and O–H groups in total. The number of carbonyl (C=O) groups is 1. The summed E-state index contributed by atoms with van der Waals surface area (Å²) in [6, 6.07) is 14.6. The lowest BCUT2D eigenvalue weighted by atomic mass is 10.2. The van der Waals surface area contributed by atoms with E-state index >= 15 is 0 Å². The number of rotatable bonds is 6. The first-order chi connectivity index (χ1) is 12.3. The number of nitrogens with one attached hydrogen (secondary N) is 1. The van der Waals surface area contributed by atoms with Crippen LogP contribution in [0.15, 0.2) is 47.8 Å². The Hall–Kier alpha value is -2.11. The van der Waals surface area contributed by atoms with E-state index in [1.165, 1.54) is 36.2 Å². The summed E-state index contributed by atoms with van der Waals surface area (Å²) < 4.78 is 2.13. The van der Waals surface area contributed by atoms with Gasteiger partial charge >= 0.3 is 0 Å². The number of fused-ring (bicyclic) bond motifs is 1. The van der Waals surface area contributed by atoms with E-state index in [1.54, 1.807) is 11.3 Å². The number of amides is 1. The molecular formula is C20H23N3OS. The maximum Gasteiger partial charge on any atom is 0.240 e. The summed E-state index contributed by atoms with van der Waals surface area (Å²) in [6.45, 7) is 4.38. The number of likely N-dealkylation sites (tertiary alicyclic amines) is 1. The van der Waals surface area contributed by atoms with Gasteiger partial charge < -0.3 is 14.8 Å². The van der Waals surface area contributed by atoms with Gasteiger partial charge in [-0.25, -0.2) is 0 Å². The quantitative estimate of drug-likeness (QED) is 0.735. The fourth-order valence-electron chi connectivity index (χ4n) is 3.57. The number of hydrogen-bond acceptors (Lipinski definition) is 3. The molecule has 1 aliphatic rings. The molecule has 1 amide bonds. The summed E-state index contributed by atoms with van der Waals surface area (Å²) in [4.78, 5) is 16.1. The van der Waals surface area contributed by atoms with E-state index in [9.17, 15) is 4.79 Å². The van der Waals surface area contributed by atoms with Gasteiger partial charge in [-0.1, -0.05) is 24.3 Å². The smallest absolute Gasteiger partial charge is 0.240 e. The third-order valence-corrected chi connectivity index (χ3v) is 5.73. The average molecular weight is 353 g/mol. The van der Waals surface area contributed by atoms with Crippen LogP contribution in [-0.2, 0) is 11.3 Å². The van der Waals surface area contributed by atoms with Gasteiger partial charge in [-0.05, 0) is 49.5 Å². The van der Waals surface area contributed by atoms with Crippen molar-refractivity contribution in [2.45, 2.75) is 19.4 Å². The van der Waals surface area contributed by atoms with E-state index in [0.29, 0.717) is 6.54 Å². The van der Waals surface area contributed by atoms with Crippen LogP contribution in [0.4, 0.5) is 0 Å². The van der Waals surface area contributed by atoms with Crippen molar-refractivity contribution in [1.82, 2.24) is 14.8 Å². The van der Waals surface area contributed by atoms with Crippen molar-refractivity contribution >= 4 is 28.1 Å². The molecule has 1 aliphatic heterocycles. The summed E-state index contributed by atoms with van der Waals surface area (Å²) in [5.74, 6) is 0.0818. The monoisotopic (exact) mass is 353 g/mol. The Morgan fingerprint density at radius 2 is 1.96 bits per heavy atom. The van der Waals surface area contributed by atoms with Gasteiger partial charge in [0.05, 0.1) is 10.6 Å². The van der Waals surface area contributed by atoms with Gasteiger partial charge in [0.15, 0.2) is 0 Å². The summed E-state index contributed by atoms with van der Waals surface area (Å²) in [5, 5.41) is 6.34. The summed E-state index contributed by atoms with van der Waals surface area (Å²) in [5.41, 5.74) is 2.23. The van der Waals surface area contributed by atoms with Crippen molar-refractivity contribution in [3.63, 3.8) is 0 Å². The minimum atomic E-state index is 0.0818. The molecule has 1 aromatic carbocycles. The van der Waals surface area contributed by atoms with Crippen molar-refractivity contribution < 1.29 is 4.79 Å². The first-order valence-electron chi connectivity index (χ1n) is 8.92. The highest BCUT2D eigenvalue weighted by atomic mass is 32.1. The van der Waals surface area contributed by atoms with Crippen molar-refractivity contribution in [1.29, 1.82) is 0 Å². The fourth-order valence-corrected chi connectivity index (χ4v) is 4.32. The number of nitrogens with zero attached hydrogens (tertiary/aromatic N) is 2. The molecule has 0 saturated carbocycles. The minimum absolute atomic E-state index is 0.0818. The molecule has 0 spiro atoms. The molecule has 3 heterocycles. The van der Waals surface area contributed by atoms with E-state index in [0.717, 1.165) is 24.3 Å². The molecule has 0 radical (unpaired) electrons. The number of hydrogen-bond donors (Lipinski definition) is 1. The van der Waals surface area contributed by atoms with Gasteiger partial charge in [0.25, 0.3) is 0 Å². The SMILES string of the molecule is O=C(Cn1c(-c2cccs2)cc2ccccc21)NCCN1CCCC1. The predicted octanol–water partition coefficient (Wildman–Crippen LogP) is 3.58. The molecule has 1 fully saturated rings. The zero-order chi connectivity index (χ0) is 17.1. The third-order valence-electron chi connectivity index (χ3n) is 4.83. The zero-order valence-electron chi connectivity index (χ0n) is 14.3. The second kappa shape index (κ2) is 7.42. The maximum absolute atomic E-state index is 12.5. The van der Waals surface area contributed by atoms with Crippen LogP contribution in [0.3, 0.4) is 0 Å². The fraction of sp³-hybridized carbons (Fsp3) is 0.350. The summed E-state index contributed by atoms with van der Waals surface area (Å²) in [6.07, 6.45) is 2.57. The Morgan fingerprint density at radius 1 is 1.12 bits per heavy atom. The van der Waals surface area contributed by atoms with Crippen LogP contribution >= 0.6 is 11.3 Å². The van der Waals surface area contributed by atoms with Crippen molar-refractivity contribution in [2.24, 2.45) is 0 Å². The van der Waals surface area contributed by atoms with Crippen LogP contribution in [0.5, 0.6) is 0 Å². The lowest BCUT2D eigenvalue weighted by molar-refractivity contribution is -0.121. The number of benzene rings is 1. The van der Waals surface area contributed by atoms with Gasteiger partial charge in [0.2, 0.25) is 5.91 Å². The molecule has 25 heavy (non-hydrogen) atoms. The number of aromatic nitrogens is 1. The van der Waals surface area contributed by atoms with Crippen molar-refractivity contribution in [3.05, 3.63) is 47.8 Å². The average Bonchev–Trinajstić information content (AvgIpc) is 3.36. The molecule has 3 aromatic rings. The molecule has 0 unspecified atom stereocenters. The van der Waals surface area contributed by atoms with Crippen molar-refractivity contribution in [2.75, 3.05) is 26.2 Å². The minimum Gasteiger partial charge on any atom is -0.353 e. The largest absolute Gasteiger partial charge is 0.353 e. The lowest BCUT2D eigenvalue weighted by Crippen LogP contribution is -2.35. The molecule has 130 valence electrons. The van der Waals surface area contributed by atoms with E-state index < -0.39 is 0 Å². The first kappa shape index (κ1) is 16.4. The highest BCUT2D eigenvalue weighted by Crippen LogP contribution is 2.31. The molecule has 0 aliphatic carbocycles. The predicted molar refractivity (Wildman–Crippen MR) is 104 cm³/mol. The van der Waals surface area contributed by atoms with Crippen LogP contribution in [0.1, 0.15) is 12.8 Å². The number of para-hydroxylation sites is 1. The molecular weight excluding hydrogens is 330 g/mol. The second-order valence-electron chi connectivity index (χ2n) is 6.55. The van der Waals surface area contributed by atoms with Gasteiger partial charge in [0, 0.05) is 24.0 Å².